The molecule has 1 aromatic carbocycles. The largest absolute Gasteiger partial charge is 0.398 e. The number of sulfonamides is 1. The van der Waals surface area contributed by atoms with E-state index in [9.17, 15) is 8.42 Å². The van der Waals surface area contributed by atoms with Gasteiger partial charge in [-0.2, -0.15) is 4.31 Å². The van der Waals surface area contributed by atoms with Crippen LogP contribution >= 0.6 is 0 Å². The predicted octanol–water partition coefficient (Wildman–Crippen LogP) is 2.94. The number of hydrogen-bond donors (Lipinski definition) is 1. The highest BCUT2D eigenvalue weighted by Crippen LogP contribution is 2.32. The lowest BCUT2D eigenvalue weighted by Crippen LogP contribution is -2.36. The maximum Gasteiger partial charge on any atom is 0.243 e. The van der Waals surface area contributed by atoms with Crippen molar-refractivity contribution in [1.29, 1.82) is 0 Å². The Hall–Kier alpha value is -1.33. The number of nitrogens with two attached hydrogens (primary N) is 1. The molecule has 0 atom stereocenters. The highest BCUT2D eigenvalue weighted by molar-refractivity contribution is 7.89. The zero-order chi connectivity index (χ0) is 15.8. The Bertz CT molecular complexity index is 670. The lowest BCUT2D eigenvalue weighted by Gasteiger charge is -2.31. The van der Waals surface area contributed by atoms with E-state index in [0.29, 0.717) is 29.2 Å². The van der Waals surface area contributed by atoms with Crippen LogP contribution in [0, 0.1) is 12.3 Å². The van der Waals surface area contributed by atoms with Crippen molar-refractivity contribution in [1.82, 2.24) is 4.31 Å². The van der Waals surface area contributed by atoms with Crippen molar-refractivity contribution in [3.05, 3.63) is 35.4 Å². The summed E-state index contributed by atoms with van der Waals surface area (Å²) in [5.74, 6) is 0. The molecule has 0 aromatic heterocycles. The van der Waals surface area contributed by atoms with E-state index in [1.54, 1.807) is 25.1 Å². The molecule has 0 saturated heterocycles. The van der Waals surface area contributed by atoms with Crippen molar-refractivity contribution in [2.75, 3.05) is 18.8 Å². The van der Waals surface area contributed by atoms with Gasteiger partial charge in [0.25, 0.3) is 0 Å². The summed E-state index contributed by atoms with van der Waals surface area (Å²) in [5.41, 5.74) is 8.39. The molecule has 2 N–H and O–H groups in total. The van der Waals surface area contributed by atoms with Crippen LogP contribution in [0.1, 0.15) is 32.8 Å². The molecule has 0 fully saturated rings. The van der Waals surface area contributed by atoms with Crippen LogP contribution in [-0.4, -0.2) is 25.8 Å². The number of benzene rings is 1. The van der Waals surface area contributed by atoms with Crippen LogP contribution in [-0.2, 0) is 10.0 Å². The minimum Gasteiger partial charge on any atom is -0.398 e. The molecule has 21 heavy (non-hydrogen) atoms. The highest BCUT2D eigenvalue weighted by atomic mass is 32.2. The van der Waals surface area contributed by atoms with E-state index in [0.717, 1.165) is 6.42 Å². The Balaban J connectivity index is 2.31. The summed E-state index contributed by atoms with van der Waals surface area (Å²) in [5, 5.41) is 0. The molecular weight excluding hydrogens is 284 g/mol. The second-order valence-electron chi connectivity index (χ2n) is 6.56. The molecule has 1 aliphatic heterocycles. The molecule has 2 rings (SSSR count). The second-order valence-corrected chi connectivity index (χ2v) is 8.47. The number of nitrogens with zero attached hydrogens (tertiary/aromatic N) is 1. The third-order valence-corrected chi connectivity index (χ3v) is 6.09. The van der Waals surface area contributed by atoms with E-state index < -0.39 is 10.0 Å². The summed E-state index contributed by atoms with van der Waals surface area (Å²) < 4.78 is 27.0. The molecular formula is C16H24N2O2S. The van der Waals surface area contributed by atoms with E-state index in [4.69, 9.17) is 5.73 Å². The van der Waals surface area contributed by atoms with Crippen LogP contribution in [0.4, 0.5) is 5.69 Å². The summed E-state index contributed by atoms with van der Waals surface area (Å²) in [6.07, 6.45) is 2.83. The zero-order valence-electron chi connectivity index (χ0n) is 13.2. The van der Waals surface area contributed by atoms with Crippen LogP contribution in [0.15, 0.2) is 34.7 Å². The van der Waals surface area contributed by atoms with Gasteiger partial charge in [-0.3, -0.25) is 0 Å². The minimum absolute atomic E-state index is 0.100. The molecule has 4 nitrogen and oxygen atoms in total. The first kappa shape index (κ1) is 16.0. The molecule has 0 bridgehead atoms. The van der Waals surface area contributed by atoms with Gasteiger partial charge in [-0.1, -0.05) is 38.5 Å². The standard InChI is InChI=1S/C16H24N2O2S/c1-12-14(17)6-5-7-15(12)21(19,20)18-10-8-13(9-11-18)16(2,3)4/h5-8H,9-11,17H2,1-4H3. The molecule has 1 heterocycles. The normalized spacial score (nSPS) is 17.6. The Kier molecular flexibility index (Phi) is 4.17. The number of nitrogen functional groups attached to an aromatic ring is 1. The Morgan fingerprint density at radius 1 is 1.24 bits per heavy atom. The average molecular weight is 308 g/mol. The monoisotopic (exact) mass is 308 g/mol. The molecule has 116 valence electrons. The fraction of sp³-hybridized carbons (Fsp3) is 0.500. The first-order valence-corrected chi connectivity index (χ1v) is 8.63. The van der Waals surface area contributed by atoms with Gasteiger partial charge in [-0.05, 0) is 36.5 Å². The third-order valence-electron chi connectivity index (χ3n) is 4.08. The molecule has 1 aromatic rings. The first-order valence-electron chi connectivity index (χ1n) is 7.19. The Morgan fingerprint density at radius 2 is 1.90 bits per heavy atom. The number of hydrogen-bond acceptors (Lipinski definition) is 3. The summed E-state index contributed by atoms with van der Waals surface area (Å²) in [7, 11) is -3.48. The maximum atomic E-state index is 12.8. The SMILES string of the molecule is Cc1c(N)cccc1S(=O)(=O)N1CC=C(C(C)(C)C)CC1. The molecule has 0 saturated carbocycles. The maximum absolute atomic E-state index is 12.8. The van der Waals surface area contributed by atoms with Gasteiger partial charge in [0.1, 0.15) is 0 Å². The fourth-order valence-electron chi connectivity index (χ4n) is 2.60. The number of rotatable bonds is 2. The number of anilines is 1. The van der Waals surface area contributed by atoms with E-state index in [1.807, 2.05) is 6.08 Å². The van der Waals surface area contributed by atoms with E-state index in [2.05, 4.69) is 20.8 Å². The summed E-state index contributed by atoms with van der Waals surface area (Å²) in [6, 6.07) is 5.04. The van der Waals surface area contributed by atoms with Gasteiger partial charge in [0.15, 0.2) is 0 Å². The van der Waals surface area contributed by atoms with Crippen LogP contribution in [0.3, 0.4) is 0 Å². The van der Waals surface area contributed by atoms with Gasteiger partial charge < -0.3 is 5.73 Å². The smallest absolute Gasteiger partial charge is 0.243 e. The van der Waals surface area contributed by atoms with E-state index in [1.165, 1.54) is 9.88 Å². The van der Waals surface area contributed by atoms with Gasteiger partial charge in [0.2, 0.25) is 10.0 Å². The third kappa shape index (κ3) is 3.14. The summed E-state index contributed by atoms with van der Waals surface area (Å²) >= 11 is 0. The minimum atomic E-state index is -3.48. The van der Waals surface area contributed by atoms with Crippen LogP contribution in [0.5, 0.6) is 0 Å². The lowest BCUT2D eigenvalue weighted by atomic mass is 9.83. The summed E-state index contributed by atoms with van der Waals surface area (Å²) in [6.45, 7) is 9.19. The molecule has 5 heteroatoms. The quantitative estimate of drug-likeness (QED) is 0.675. The van der Waals surface area contributed by atoms with Crippen molar-refractivity contribution >= 4 is 15.7 Å². The fourth-order valence-corrected chi connectivity index (χ4v) is 4.24. The molecule has 0 spiro atoms. The average Bonchev–Trinajstić information content (AvgIpc) is 2.41. The molecule has 0 aliphatic carbocycles. The van der Waals surface area contributed by atoms with Gasteiger partial charge in [-0.25, -0.2) is 8.42 Å². The molecule has 0 unspecified atom stereocenters. The lowest BCUT2D eigenvalue weighted by molar-refractivity contribution is 0.389. The van der Waals surface area contributed by atoms with Crippen LogP contribution < -0.4 is 5.73 Å². The van der Waals surface area contributed by atoms with E-state index >= 15 is 0 Å². The van der Waals surface area contributed by atoms with Gasteiger partial charge in [0, 0.05) is 18.8 Å². The van der Waals surface area contributed by atoms with Gasteiger partial charge in [-0.15, -0.1) is 0 Å². The zero-order valence-corrected chi connectivity index (χ0v) is 14.0. The predicted molar refractivity (Wildman–Crippen MR) is 86.5 cm³/mol. The van der Waals surface area contributed by atoms with Crippen LogP contribution in [0.25, 0.3) is 0 Å². The van der Waals surface area contributed by atoms with Crippen molar-refractivity contribution in [3.63, 3.8) is 0 Å². The Labute approximate surface area is 127 Å². The first-order chi connectivity index (χ1) is 9.64. The Morgan fingerprint density at radius 3 is 2.43 bits per heavy atom. The van der Waals surface area contributed by atoms with Crippen molar-refractivity contribution in [2.24, 2.45) is 5.41 Å². The van der Waals surface area contributed by atoms with Crippen LogP contribution in [0.2, 0.25) is 0 Å². The van der Waals surface area contributed by atoms with Crippen molar-refractivity contribution in [2.45, 2.75) is 39.0 Å². The molecule has 0 amide bonds. The van der Waals surface area contributed by atoms with Crippen molar-refractivity contribution in [3.8, 4) is 0 Å². The van der Waals surface area contributed by atoms with Gasteiger partial charge in [0.05, 0.1) is 4.90 Å². The molecule has 1 aliphatic rings. The van der Waals surface area contributed by atoms with Gasteiger partial charge >= 0.3 is 0 Å². The topological polar surface area (TPSA) is 63.4 Å². The highest BCUT2D eigenvalue weighted by Gasteiger charge is 2.30. The summed E-state index contributed by atoms with van der Waals surface area (Å²) in [4.78, 5) is 0.315. The van der Waals surface area contributed by atoms with E-state index in [-0.39, 0.29) is 5.41 Å². The van der Waals surface area contributed by atoms with Crippen molar-refractivity contribution < 1.29 is 8.42 Å². The second kappa shape index (κ2) is 5.46. The molecule has 0 radical (unpaired) electrons.